The third-order valence-corrected chi connectivity index (χ3v) is 6.99. The number of nitrogen functional groups attached to an aromatic ring is 1. The predicted molar refractivity (Wildman–Crippen MR) is 145 cm³/mol. The highest BCUT2D eigenvalue weighted by molar-refractivity contribution is 5.98. The Bertz CT molecular complexity index is 1510. The lowest BCUT2D eigenvalue weighted by Crippen LogP contribution is -2.42. The number of nitrogens with one attached hydrogen (secondary N) is 1. The van der Waals surface area contributed by atoms with E-state index >= 15 is 0 Å². The number of benzene rings is 2. The van der Waals surface area contributed by atoms with E-state index in [9.17, 15) is 14.3 Å². The lowest BCUT2D eigenvalue weighted by molar-refractivity contribution is 0.0126. The van der Waals surface area contributed by atoms with E-state index in [2.05, 4.69) is 21.9 Å². The fourth-order valence-corrected chi connectivity index (χ4v) is 4.93. The van der Waals surface area contributed by atoms with Crippen LogP contribution in [0.1, 0.15) is 34.8 Å². The molecule has 0 aliphatic carbocycles. The van der Waals surface area contributed by atoms with Gasteiger partial charge in [-0.15, -0.1) is 0 Å². The number of halogens is 1. The summed E-state index contributed by atoms with van der Waals surface area (Å²) >= 11 is 0. The van der Waals surface area contributed by atoms with Crippen molar-refractivity contribution in [3.8, 4) is 17.0 Å². The summed E-state index contributed by atoms with van der Waals surface area (Å²) in [4.78, 5) is 23.2. The van der Waals surface area contributed by atoms with Gasteiger partial charge in [0.25, 0.3) is 5.91 Å². The molecule has 4 N–H and O–H groups in total. The molecule has 2 aromatic heterocycles. The van der Waals surface area contributed by atoms with Crippen molar-refractivity contribution in [2.24, 2.45) is 0 Å². The molecule has 10 nitrogen and oxygen atoms in total. The number of hydrogen-bond acceptors (Lipinski definition) is 8. The van der Waals surface area contributed by atoms with Crippen molar-refractivity contribution in [1.82, 2.24) is 30.0 Å². The smallest absolute Gasteiger partial charge is 0.254 e. The van der Waals surface area contributed by atoms with Crippen molar-refractivity contribution in [2.75, 3.05) is 25.9 Å². The first-order valence-electron chi connectivity index (χ1n) is 12.6. The maximum absolute atomic E-state index is 14.4. The van der Waals surface area contributed by atoms with Crippen molar-refractivity contribution in [3.63, 3.8) is 0 Å². The summed E-state index contributed by atoms with van der Waals surface area (Å²) in [7, 11) is 1.35. The van der Waals surface area contributed by atoms with Crippen molar-refractivity contribution >= 4 is 22.8 Å². The third-order valence-electron chi connectivity index (χ3n) is 6.99. The molecule has 1 amide bonds. The quantitative estimate of drug-likeness (QED) is 0.295. The summed E-state index contributed by atoms with van der Waals surface area (Å²) in [6, 6.07) is 11.9. The van der Waals surface area contributed by atoms with Gasteiger partial charge in [-0.3, -0.25) is 9.69 Å². The van der Waals surface area contributed by atoms with Crippen LogP contribution in [0.5, 0.6) is 5.75 Å². The summed E-state index contributed by atoms with van der Waals surface area (Å²) < 4.78 is 21.3. The molecule has 0 radical (unpaired) electrons. The minimum atomic E-state index is -0.720. The summed E-state index contributed by atoms with van der Waals surface area (Å²) in [6.07, 6.45) is 4.00. The Labute approximate surface area is 224 Å². The number of piperidine rings is 1. The van der Waals surface area contributed by atoms with Crippen molar-refractivity contribution < 1.29 is 19.0 Å². The number of aromatic nitrogens is 4. The first-order valence-corrected chi connectivity index (χ1v) is 12.6. The number of carbonyl (C=O) groups is 1. The number of aliphatic hydroxyl groups is 1. The number of fused-ring (bicyclic) bond motifs is 1. The molecule has 4 aromatic rings. The van der Waals surface area contributed by atoms with Crippen LogP contribution in [0.25, 0.3) is 22.3 Å². The zero-order valence-corrected chi connectivity index (χ0v) is 21.5. The van der Waals surface area contributed by atoms with Crippen LogP contribution in [0.2, 0.25) is 0 Å². The van der Waals surface area contributed by atoms with E-state index in [1.165, 1.54) is 31.6 Å². The molecule has 1 fully saturated rings. The van der Waals surface area contributed by atoms with Crippen molar-refractivity contribution in [3.05, 3.63) is 78.4 Å². The Morgan fingerprint density at radius 3 is 2.85 bits per heavy atom. The predicted octanol–water partition coefficient (Wildman–Crippen LogP) is 3.29. The van der Waals surface area contributed by atoms with E-state index in [4.69, 9.17) is 15.6 Å². The van der Waals surface area contributed by atoms with Gasteiger partial charge in [0.2, 0.25) is 0 Å². The molecule has 1 aliphatic heterocycles. The van der Waals surface area contributed by atoms with E-state index in [0.29, 0.717) is 29.1 Å². The number of amides is 1. The second kappa shape index (κ2) is 11.2. The normalized spacial score (nSPS) is 16.6. The number of aliphatic hydroxyl groups excluding tert-OH is 1. The third kappa shape index (κ3) is 5.18. The Morgan fingerprint density at radius 2 is 2.10 bits per heavy atom. The molecule has 0 spiro atoms. The largest absolute Gasteiger partial charge is 0.494 e. The highest BCUT2D eigenvalue weighted by Crippen LogP contribution is 2.34. The van der Waals surface area contributed by atoms with Gasteiger partial charge in [0.05, 0.1) is 24.1 Å². The van der Waals surface area contributed by atoms with Crippen molar-refractivity contribution in [2.45, 2.75) is 31.7 Å². The number of methoxy groups -OCH3 is 1. The van der Waals surface area contributed by atoms with E-state index in [0.717, 1.165) is 30.5 Å². The highest BCUT2D eigenvalue weighted by atomic mass is 19.1. The lowest BCUT2D eigenvalue weighted by Gasteiger charge is -2.34. The van der Waals surface area contributed by atoms with Gasteiger partial charge in [-0.25, -0.2) is 19.0 Å². The number of nitrogens with zero attached hydrogens (tertiary/aromatic N) is 5. The molecule has 2 aromatic carbocycles. The second-order valence-corrected chi connectivity index (χ2v) is 9.39. The van der Waals surface area contributed by atoms with Gasteiger partial charge < -0.3 is 20.9 Å². The topological polar surface area (TPSA) is 131 Å². The van der Waals surface area contributed by atoms with Crippen LogP contribution in [-0.2, 0) is 6.54 Å². The van der Waals surface area contributed by atoms with E-state index < -0.39 is 18.0 Å². The Morgan fingerprint density at radius 1 is 1.31 bits per heavy atom. The molecule has 0 saturated carbocycles. The van der Waals surface area contributed by atoms with Gasteiger partial charge >= 0.3 is 0 Å². The number of rotatable bonds is 8. The van der Waals surface area contributed by atoms with Gasteiger partial charge in [0.1, 0.15) is 24.1 Å². The zero-order valence-electron chi connectivity index (χ0n) is 21.5. The van der Waals surface area contributed by atoms with E-state index in [-0.39, 0.29) is 23.9 Å². The molecule has 5 rings (SSSR count). The van der Waals surface area contributed by atoms with E-state index in [1.54, 1.807) is 6.07 Å². The molecule has 2 unspecified atom stereocenters. The molecular weight excluding hydrogens is 501 g/mol. The average Bonchev–Trinajstić information content (AvgIpc) is 3.37. The molecule has 0 bridgehead atoms. The number of hydrogen-bond donors (Lipinski definition) is 3. The maximum atomic E-state index is 14.4. The van der Waals surface area contributed by atoms with Gasteiger partial charge in [0.15, 0.2) is 17.2 Å². The van der Waals surface area contributed by atoms with Gasteiger partial charge in [-0.2, -0.15) is 5.10 Å². The SMILES string of the molecule is C=CC(O)N1CCCC(n2nc(-c3ccc(CNC(=O)c4cccc(OC)c4F)cc3)c3c(N)ncnc32)C1. The Balaban J connectivity index is 1.38. The number of ether oxygens (including phenoxy) is 1. The summed E-state index contributed by atoms with van der Waals surface area (Å²) in [6.45, 7) is 5.28. The number of likely N-dealkylation sites (tertiary alicyclic amines) is 1. The van der Waals surface area contributed by atoms with Gasteiger partial charge in [0, 0.05) is 25.2 Å². The molecule has 39 heavy (non-hydrogen) atoms. The summed E-state index contributed by atoms with van der Waals surface area (Å²) in [5.41, 5.74) is 9.12. The minimum Gasteiger partial charge on any atom is -0.494 e. The van der Waals surface area contributed by atoms with Crippen LogP contribution in [-0.4, -0.2) is 62.1 Å². The maximum Gasteiger partial charge on any atom is 0.254 e. The minimum absolute atomic E-state index is 0.00890. The number of anilines is 1. The van der Waals surface area contributed by atoms with Crippen molar-refractivity contribution in [1.29, 1.82) is 0 Å². The molecule has 1 aliphatic rings. The standard InChI is InChI=1S/C28H30FN7O3/c1-3-22(37)35-13-5-6-19(15-35)36-27-23(26(30)32-16-33-27)25(34-36)18-11-9-17(10-12-18)14-31-28(38)20-7-4-8-21(39-2)24(20)29/h3-4,7-12,16,19,22,37H,1,5-6,13-15H2,2H3,(H,31,38)(H2,30,32,33). The summed E-state index contributed by atoms with van der Waals surface area (Å²) in [5, 5.41) is 18.6. The van der Waals surface area contributed by atoms with Crippen LogP contribution >= 0.6 is 0 Å². The lowest BCUT2D eigenvalue weighted by atomic mass is 10.1. The fourth-order valence-electron chi connectivity index (χ4n) is 4.93. The van der Waals surface area contributed by atoms with Crippen LogP contribution in [0.3, 0.4) is 0 Å². The first-order chi connectivity index (χ1) is 18.9. The second-order valence-electron chi connectivity index (χ2n) is 9.39. The molecule has 11 heteroatoms. The van der Waals surface area contributed by atoms with Gasteiger partial charge in [-0.05, 0) is 36.6 Å². The zero-order chi connectivity index (χ0) is 27.5. The Kier molecular flexibility index (Phi) is 7.53. The number of nitrogens with two attached hydrogens (primary N) is 1. The molecule has 2 atom stereocenters. The van der Waals surface area contributed by atoms with Crippen LogP contribution in [0.4, 0.5) is 10.2 Å². The molecule has 3 heterocycles. The summed E-state index contributed by atoms with van der Waals surface area (Å²) in [5.74, 6) is -0.889. The highest BCUT2D eigenvalue weighted by Gasteiger charge is 2.28. The first kappa shape index (κ1) is 26.3. The van der Waals surface area contributed by atoms with Crippen LogP contribution in [0.15, 0.2) is 61.4 Å². The molecule has 202 valence electrons. The molecule has 1 saturated heterocycles. The van der Waals surface area contributed by atoms with Gasteiger partial charge in [-0.1, -0.05) is 36.9 Å². The number of carbonyl (C=O) groups excluding carboxylic acids is 1. The fraction of sp³-hybridized carbons (Fsp3) is 0.286. The van der Waals surface area contributed by atoms with Crippen LogP contribution < -0.4 is 15.8 Å². The average molecular weight is 532 g/mol. The van der Waals surface area contributed by atoms with Crippen LogP contribution in [0, 0.1) is 5.82 Å². The van der Waals surface area contributed by atoms with E-state index in [1.807, 2.05) is 33.8 Å². The molecular formula is C28H30FN7O3. The Hall–Kier alpha value is -4.35. The monoisotopic (exact) mass is 531 g/mol.